The summed E-state index contributed by atoms with van der Waals surface area (Å²) < 4.78 is 21.2. The Hall–Kier alpha value is -2.21. The van der Waals surface area contributed by atoms with E-state index < -0.39 is 0 Å². The van der Waals surface area contributed by atoms with Gasteiger partial charge in [0.2, 0.25) is 0 Å². The van der Waals surface area contributed by atoms with Crippen LogP contribution in [0.15, 0.2) is 28.7 Å². The predicted molar refractivity (Wildman–Crippen MR) is 84.4 cm³/mol. The van der Waals surface area contributed by atoms with Crippen LogP contribution in [-0.4, -0.2) is 14.8 Å². The SMILES string of the molecule is C[C@H](NCc1cc2cc(F)ccc2o1)c1nnc2n1CCCC2. The van der Waals surface area contributed by atoms with Gasteiger partial charge in [-0.15, -0.1) is 10.2 Å². The molecule has 0 unspecified atom stereocenters. The smallest absolute Gasteiger partial charge is 0.149 e. The number of aromatic nitrogens is 3. The molecule has 0 fully saturated rings. The Kier molecular flexibility index (Phi) is 3.61. The Morgan fingerprint density at radius 1 is 1.30 bits per heavy atom. The van der Waals surface area contributed by atoms with Crippen molar-refractivity contribution < 1.29 is 8.81 Å². The zero-order chi connectivity index (χ0) is 15.8. The lowest BCUT2D eigenvalue weighted by Crippen LogP contribution is -2.23. The summed E-state index contributed by atoms with van der Waals surface area (Å²) in [5, 5.41) is 12.8. The van der Waals surface area contributed by atoms with Crippen molar-refractivity contribution in [2.24, 2.45) is 0 Å². The quantitative estimate of drug-likeness (QED) is 0.802. The molecule has 0 saturated heterocycles. The molecular weight excluding hydrogens is 295 g/mol. The zero-order valence-corrected chi connectivity index (χ0v) is 13.1. The number of hydrogen-bond donors (Lipinski definition) is 1. The lowest BCUT2D eigenvalue weighted by molar-refractivity contribution is 0.442. The molecule has 6 heteroatoms. The van der Waals surface area contributed by atoms with E-state index in [0.29, 0.717) is 12.1 Å². The molecule has 2 aromatic heterocycles. The summed E-state index contributed by atoms with van der Waals surface area (Å²) in [6, 6.07) is 6.51. The van der Waals surface area contributed by atoms with E-state index in [-0.39, 0.29) is 11.9 Å². The van der Waals surface area contributed by atoms with Crippen LogP contribution in [0.5, 0.6) is 0 Å². The van der Waals surface area contributed by atoms with Crippen molar-refractivity contribution in [3.8, 4) is 0 Å². The molecule has 23 heavy (non-hydrogen) atoms. The van der Waals surface area contributed by atoms with Gasteiger partial charge in [-0.2, -0.15) is 0 Å². The second-order valence-corrected chi connectivity index (χ2v) is 6.08. The van der Waals surface area contributed by atoms with Crippen molar-refractivity contribution in [2.45, 2.75) is 45.3 Å². The molecule has 0 spiro atoms. The van der Waals surface area contributed by atoms with Crippen molar-refractivity contribution in [1.29, 1.82) is 0 Å². The molecule has 5 nitrogen and oxygen atoms in total. The maximum Gasteiger partial charge on any atom is 0.149 e. The van der Waals surface area contributed by atoms with E-state index in [2.05, 4.69) is 27.0 Å². The largest absolute Gasteiger partial charge is 0.460 e. The first kappa shape index (κ1) is 14.4. The summed E-state index contributed by atoms with van der Waals surface area (Å²) >= 11 is 0. The molecule has 0 aliphatic carbocycles. The topological polar surface area (TPSA) is 55.9 Å². The van der Waals surface area contributed by atoms with Gasteiger partial charge in [-0.25, -0.2) is 4.39 Å². The summed E-state index contributed by atoms with van der Waals surface area (Å²) in [6.07, 6.45) is 3.38. The minimum absolute atomic E-state index is 0.0827. The minimum Gasteiger partial charge on any atom is -0.460 e. The Bertz CT molecular complexity index is 838. The lowest BCUT2D eigenvalue weighted by atomic mass is 10.1. The van der Waals surface area contributed by atoms with E-state index >= 15 is 0 Å². The average molecular weight is 314 g/mol. The van der Waals surface area contributed by atoms with E-state index in [9.17, 15) is 4.39 Å². The highest BCUT2D eigenvalue weighted by molar-refractivity contribution is 5.77. The van der Waals surface area contributed by atoms with E-state index in [4.69, 9.17) is 4.42 Å². The highest BCUT2D eigenvalue weighted by Gasteiger charge is 2.20. The average Bonchev–Trinajstić information content (AvgIpc) is 3.15. The molecule has 0 saturated carbocycles. The van der Waals surface area contributed by atoms with Gasteiger partial charge >= 0.3 is 0 Å². The molecule has 1 atom stereocenters. The zero-order valence-electron chi connectivity index (χ0n) is 13.1. The number of benzene rings is 1. The molecule has 1 aromatic carbocycles. The monoisotopic (exact) mass is 314 g/mol. The Morgan fingerprint density at radius 3 is 3.13 bits per heavy atom. The van der Waals surface area contributed by atoms with Crippen molar-refractivity contribution in [3.05, 3.63) is 47.5 Å². The van der Waals surface area contributed by atoms with Gasteiger partial charge in [-0.1, -0.05) is 0 Å². The molecule has 3 aromatic rings. The van der Waals surface area contributed by atoms with Gasteiger partial charge < -0.3 is 14.3 Å². The van der Waals surface area contributed by atoms with Crippen LogP contribution in [0.2, 0.25) is 0 Å². The van der Waals surface area contributed by atoms with Gasteiger partial charge in [0.1, 0.15) is 28.8 Å². The molecule has 1 aliphatic rings. The Morgan fingerprint density at radius 2 is 2.22 bits per heavy atom. The van der Waals surface area contributed by atoms with Gasteiger partial charge in [0, 0.05) is 18.4 Å². The predicted octanol–water partition coefficient (Wildman–Crippen LogP) is 3.35. The normalized spacial score (nSPS) is 15.7. The van der Waals surface area contributed by atoms with Crippen molar-refractivity contribution in [1.82, 2.24) is 20.1 Å². The second-order valence-electron chi connectivity index (χ2n) is 6.08. The van der Waals surface area contributed by atoms with Crippen molar-refractivity contribution in [2.75, 3.05) is 0 Å². The van der Waals surface area contributed by atoms with Gasteiger partial charge in [-0.3, -0.25) is 0 Å². The van der Waals surface area contributed by atoms with Crippen LogP contribution in [0.3, 0.4) is 0 Å². The number of aryl methyl sites for hydroxylation is 1. The molecule has 0 amide bonds. The number of furan rings is 1. The third-order valence-electron chi connectivity index (χ3n) is 4.39. The van der Waals surface area contributed by atoms with Gasteiger partial charge in [0.15, 0.2) is 0 Å². The van der Waals surface area contributed by atoms with E-state index in [1.807, 2.05) is 6.07 Å². The minimum atomic E-state index is -0.249. The van der Waals surface area contributed by atoms with Crippen molar-refractivity contribution >= 4 is 11.0 Å². The number of halogens is 1. The summed E-state index contributed by atoms with van der Waals surface area (Å²) in [5.74, 6) is 2.60. The number of nitrogens with one attached hydrogen (secondary N) is 1. The first-order valence-electron chi connectivity index (χ1n) is 8.04. The summed E-state index contributed by atoms with van der Waals surface area (Å²) in [6.45, 7) is 3.64. The van der Waals surface area contributed by atoms with Crippen LogP contribution >= 0.6 is 0 Å². The second kappa shape index (κ2) is 5.77. The van der Waals surface area contributed by atoms with Gasteiger partial charge in [-0.05, 0) is 44.0 Å². The fourth-order valence-electron chi connectivity index (χ4n) is 3.15. The fourth-order valence-corrected chi connectivity index (χ4v) is 3.15. The van der Waals surface area contributed by atoms with E-state index in [0.717, 1.165) is 35.8 Å². The number of fused-ring (bicyclic) bond motifs is 2. The highest BCUT2D eigenvalue weighted by atomic mass is 19.1. The molecule has 3 heterocycles. The first-order chi connectivity index (χ1) is 11.2. The van der Waals surface area contributed by atoms with Crippen LogP contribution in [0.1, 0.15) is 43.2 Å². The summed E-state index contributed by atoms with van der Waals surface area (Å²) in [4.78, 5) is 0. The lowest BCUT2D eigenvalue weighted by Gasteiger charge is -2.18. The third kappa shape index (κ3) is 2.74. The van der Waals surface area contributed by atoms with E-state index in [1.54, 1.807) is 6.07 Å². The van der Waals surface area contributed by atoms with Crippen LogP contribution in [0.25, 0.3) is 11.0 Å². The molecular formula is C17H19FN4O. The van der Waals surface area contributed by atoms with Crippen LogP contribution < -0.4 is 5.32 Å². The molecule has 0 radical (unpaired) electrons. The molecule has 4 rings (SSSR count). The third-order valence-corrected chi connectivity index (χ3v) is 4.39. The maximum atomic E-state index is 13.2. The number of hydrogen-bond acceptors (Lipinski definition) is 4. The molecule has 1 aliphatic heterocycles. The first-order valence-corrected chi connectivity index (χ1v) is 8.04. The number of nitrogens with zero attached hydrogens (tertiary/aromatic N) is 3. The summed E-state index contributed by atoms with van der Waals surface area (Å²) in [7, 11) is 0. The fraction of sp³-hybridized carbons (Fsp3) is 0.412. The maximum absolute atomic E-state index is 13.2. The van der Waals surface area contributed by atoms with E-state index in [1.165, 1.54) is 25.0 Å². The van der Waals surface area contributed by atoms with Gasteiger partial charge in [0.05, 0.1) is 12.6 Å². The molecule has 0 bridgehead atoms. The van der Waals surface area contributed by atoms with Gasteiger partial charge in [0.25, 0.3) is 0 Å². The van der Waals surface area contributed by atoms with Crippen LogP contribution in [0.4, 0.5) is 4.39 Å². The number of rotatable bonds is 4. The standard InChI is InChI=1S/C17H19FN4O/c1-11(17-21-20-16-4-2-3-7-22(16)17)19-10-14-9-12-8-13(18)5-6-15(12)23-14/h5-6,8-9,11,19H,2-4,7,10H2,1H3/t11-/m0/s1. The summed E-state index contributed by atoms with van der Waals surface area (Å²) in [5.41, 5.74) is 0.704. The van der Waals surface area contributed by atoms with Crippen molar-refractivity contribution in [3.63, 3.8) is 0 Å². The highest BCUT2D eigenvalue weighted by Crippen LogP contribution is 2.22. The molecule has 120 valence electrons. The van der Waals surface area contributed by atoms with Crippen LogP contribution in [-0.2, 0) is 19.5 Å². The Labute approximate surface area is 133 Å². The van der Waals surface area contributed by atoms with Crippen LogP contribution in [0, 0.1) is 5.82 Å². The molecule has 1 N–H and O–H groups in total. The Balaban J connectivity index is 1.48.